The van der Waals surface area contributed by atoms with Gasteiger partial charge in [0.1, 0.15) is 0 Å². The van der Waals surface area contributed by atoms with E-state index >= 15 is 0 Å². The molecule has 5 nitrogen and oxygen atoms in total. The first kappa shape index (κ1) is 22.9. The van der Waals surface area contributed by atoms with Crippen LogP contribution in [0.3, 0.4) is 0 Å². The Bertz CT molecular complexity index is 289. The minimum absolute atomic E-state index is 0.558. The van der Waals surface area contributed by atoms with Gasteiger partial charge in [0, 0.05) is 12.2 Å². The minimum atomic E-state index is -1.26. The highest BCUT2D eigenvalue weighted by molar-refractivity contribution is 5.89. The van der Waals surface area contributed by atoms with Gasteiger partial charge in [0.15, 0.2) is 0 Å². The molecule has 0 aliphatic rings. The molecule has 5 heteroatoms. The fourth-order valence-electron chi connectivity index (χ4n) is 2.10. The predicted octanol–water partition coefficient (Wildman–Crippen LogP) is 3.55. The molecule has 0 saturated carbocycles. The Balaban J connectivity index is 0. The van der Waals surface area contributed by atoms with Crippen molar-refractivity contribution in [3.05, 3.63) is 12.2 Å². The number of unbranched alkanes of at least 4 members (excludes halogenated alkanes) is 3. The summed E-state index contributed by atoms with van der Waals surface area (Å²) in [5.74, 6) is -2.51. The number of nitrogens with zero attached hydrogens (tertiary/aromatic N) is 1. The molecule has 0 unspecified atom stereocenters. The van der Waals surface area contributed by atoms with Gasteiger partial charge < -0.3 is 14.7 Å². The highest BCUT2D eigenvalue weighted by atomic mass is 16.4. The predicted molar refractivity (Wildman–Crippen MR) is 89.9 cm³/mol. The summed E-state index contributed by atoms with van der Waals surface area (Å²) in [5, 5.41) is 15.6. The molecule has 0 spiro atoms. The van der Waals surface area contributed by atoms with Crippen molar-refractivity contribution in [1.29, 1.82) is 0 Å². The number of carboxylic acids is 2. The monoisotopic (exact) mass is 316 g/mol. The Morgan fingerprint density at radius 3 is 1.23 bits per heavy atom. The van der Waals surface area contributed by atoms with Crippen molar-refractivity contribution in [1.82, 2.24) is 0 Å². The first-order valence-corrected chi connectivity index (χ1v) is 8.28. The quantitative estimate of drug-likeness (QED) is 0.451. The molecule has 0 saturated heterocycles. The van der Waals surface area contributed by atoms with Gasteiger partial charge in [-0.05, 0) is 19.3 Å². The summed E-state index contributed by atoms with van der Waals surface area (Å²) in [6, 6.07) is 0. The van der Waals surface area contributed by atoms with E-state index in [1.54, 1.807) is 0 Å². The molecule has 0 radical (unpaired) electrons. The molecule has 0 aromatic rings. The van der Waals surface area contributed by atoms with Crippen LogP contribution in [-0.2, 0) is 9.59 Å². The van der Waals surface area contributed by atoms with Gasteiger partial charge in [-0.15, -0.1) is 0 Å². The topological polar surface area (TPSA) is 74.6 Å². The molecule has 0 aliphatic carbocycles. The maximum absolute atomic E-state index is 9.55. The zero-order chi connectivity index (χ0) is 17.4. The molecule has 0 aromatic heterocycles. The molecule has 0 aliphatic heterocycles. The Morgan fingerprint density at radius 2 is 1.05 bits per heavy atom. The second-order valence-corrected chi connectivity index (χ2v) is 5.86. The van der Waals surface area contributed by atoms with Crippen molar-refractivity contribution in [3.8, 4) is 0 Å². The summed E-state index contributed by atoms with van der Waals surface area (Å²) in [4.78, 5) is 19.1. The van der Waals surface area contributed by atoms with Crippen LogP contribution < -0.4 is 0 Å². The Kier molecular flexibility index (Phi) is 15.2. The largest absolute Gasteiger partial charge is 0.478 e. The summed E-state index contributed by atoms with van der Waals surface area (Å²) >= 11 is 0. The van der Waals surface area contributed by atoms with Gasteiger partial charge in [-0.1, -0.05) is 40.0 Å². The Labute approximate surface area is 135 Å². The Hall–Kier alpha value is -1.36. The van der Waals surface area contributed by atoms with Gasteiger partial charge in [-0.3, -0.25) is 0 Å². The van der Waals surface area contributed by atoms with E-state index in [0.29, 0.717) is 12.2 Å². The lowest BCUT2D eigenvalue weighted by atomic mass is 10.2. The second-order valence-electron chi connectivity index (χ2n) is 5.86. The molecular formula is C17H34NO4+. The molecule has 2 N–H and O–H groups in total. The molecule has 0 amide bonds. The average Bonchev–Trinajstić information content (AvgIpc) is 2.48. The van der Waals surface area contributed by atoms with Gasteiger partial charge in [-0.25, -0.2) is 9.59 Å². The smallest absolute Gasteiger partial charge is 0.328 e. The fourth-order valence-corrected chi connectivity index (χ4v) is 2.10. The average molecular weight is 316 g/mol. The minimum Gasteiger partial charge on any atom is -0.478 e. The number of carbonyl (C=O) groups is 2. The second kappa shape index (κ2) is 14.6. The van der Waals surface area contributed by atoms with E-state index in [9.17, 15) is 9.59 Å². The lowest BCUT2D eigenvalue weighted by Gasteiger charge is -2.34. The summed E-state index contributed by atoms with van der Waals surface area (Å²) < 4.78 is 1.32. The van der Waals surface area contributed by atoms with E-state index in [1.807, 2.05) is 0 Å². The maximum atomic E-state index is 9.55. The van der Waals surface area contributed by atoms with Crippen molar-refractivity contribution in [3.63, 3.8) is 0 Å². The standard InChI is InChI=1S/C13H30N.C4H4O4/c1-5-8-11-14(4,12-9-6-2)13-10-7-3;5-3(6)1-2-4(7)8/h5-13H2,1-4H3;1-2H,(H,5,6)(H,7,8)/q+1;/b;2-1-. The van der Waals surface area contributed by atoms with Crippen molar-refractivity contribution >= 4 is 11.9 Å². The molecule has 22 heavy (non-hydrogen) atoms. The number of hydrogen-bond acceptors (Lipinski definition) is 2. The zero-order valence-corrected chi connectivity index (χ0v) is 14.7. The molecule has 0 fully saturated rings. The molecule has 0 heterocycles. The normalized spacial score (nSPS) is 11.1. The number of rotatable bonds is 11. The van der Waals surface area contributed by atoms with Crippen LogP contribution in [0.2, 0.25) is 0 Å². The number of hydrogen-bond donors (Lipinski definition) is 2. The first-order valence-electron chi connectivity index (χ1n) is 8.28. The van der Waals surface area contributed by atoms with Gasteiger partial charge in [0.25, 0.3) is 0 Å². The van der Waals surface area contributed by atoms with Crippen LogP contribution in [0.4, 0.5) is 0 Å². The van der Waals surface area contributed by atoms with Gasteiger partial charge in [0.2, 0.25) is 0 Å². The van der Waals surface area contributed by atoms with Gasteiger partial charge in [-0.2, -0.15) is 0 Å². The van der Waals surface area contributed by atoms with E-state index in [4.69, 9.17) is 10.2 Å². The Morgan fingerprint density at radius 1 is 0.773 bits per heavy atom. The summed E-state index contributed by atoms with van der Waals surface area (Å²) in [5.41, 5.74) is 0. The van der Waals surface area contributed by atoms with Crippen LogP contribution in [-0.4, -0.2) is 53.3 Å². The SMILES string of the molecule is CCCC[N+](C)(CCCC)CCCC.O=C(O)/C=C\C(=O)O. The lowest BCUT2D eigenvalue weighted by molar-refractivity contribution is -0.910. The molecule has 0 rings (SSSR count). The highest BCUT2D eigenvalue weighted by Gasteiger charge is 2.18. The summed E-state index contributed by atoms with van der Waals surface area (Å²) in [6.07, 6.45) is 9.31. The summed E-state index contributed by atoms with van der Waals surface area (Å²) in [7, 11) is 2.45. The number of quaternary nitrogens is 1. The summed E-state index contributed by atoms with van der Waals surface area (Å²) in [6.45, 7) is 11.0. The van der Waals surface area contributed by atoms with Crippen LogP contribution in [0.5, 0.6) is 0 Å². The highest BCUT2D eigenvalue weighted by Crippen LogP contribution is 2.10. The van der Waals surface area contributed by atoms with Crippen LogP contribution >= 0.6 is 0 Å². The zero-order valence-electron chi connectivity index (χ0n) is 14.7. The van der Waals surface area contributed by atoms with Gasteiger partial charge >= 0.3 is 11.9 Å². The molecular weight excluding hydrogens is 282 g/mol. The van der Waals surface area contributed by atoms with Crippen molar-refractivity contribution in [2.45, 2.75) is 59.3 Å². The fraction of sp³-hybridized carbons (Fsp3) is 0.765. The third kappa shape index (κ3) is 16.7. The van der Waals surface area contributed by atoms with Crippen LogP contribution in [0.15, 0.2) is 12.2 Å². The van der Waals surface area contributed by atoms with Crippen molar-refractivity contribution in [2.24, 2.45) is 0 Å². The van der Waals surface area contributed by atoms with Crippen molar-refractivity contribution in [2.75, 3.05) is 26.7 Å². The van der Waals surface area contributed by atoms with E-state index in [1.165, 1.54) is 62.6 Å². The van der Waals surface area contributed by atoms with E-state index in [2.05, 4.69) is 27.8 Å². The third-order valence-electron chi connectivity index (χ3n) is 3.52. The third-order valence-corrected chi connectivity index (χ3v) is 3.52. The first-order chi connectivity index (χ1) is 10.3. The number of carboxylic acid groups (broad SMARTS) is 2. The maximum Gasteiger partial charge on any atom is 0.328 e. The van der Waals surface area contributed by atoms with E-state index < -0.39 is 11.9 Å². The molecule has 0 aromatic carbocycles. The van der Waals surface area contributed by atoms with Crippen molar-refractivity contribution < 1.29 is 24.3 Å². The van der Waals surface area contributed by atoms with Crippen LogP contribution in [0, 0.1) is 0 Å². The molecule has 0 atom stereocenters. The van der Waals surface area contributed by atoms with Crippen LogP contribution in [0.1, 0.15) is 59.3 Å². The van der Waals surface area contributed by atoms with E-state index in [-0.39, 0.29) is 0 Å². The lowest BCUT2D eigenvalue weighted by Crippen LogP contribution is -2.46. The van der Waals surface area contributed by atoms with Crippen LogP contribution in [0.25, 0.3) is 0 Å². The molecule has 0 bridgehead atoms. The van der Waals surface area contributed by atoms with Gasteiger partial charge in [0.05, 0.1) is 26.7 Å². The number of aliphatic carboxylic acids is 2. The molecule has 130 valence electrons. The van der Waals surface area contributed by atoms with E-state index in [0.717, 1.165) is 0 Å².